The number of ether oxygens (including phenoxy) is 1. The number of alkyl carbamates (subject to hydrolysis) is 1. The monoisotopic (exact) mass is 375 g/mol. The summed E-state index contributed by atoms with van der Waals surface area (Å²) < 4.78 is 19.6. The fourth-order valence-corrected chi connectivity index (χ4v) is 4.33. The average Bonchev–Trinajstić information content (AvgIpc) is 2.94. The number of nitrogens with zero attached hydrogens (tertiary/aromatic N) is 2. The predicted octanol–water partition coefficient (Wildman–Crippen LogP) is 2.34. The Bertz CT molecular complexity index is 744. The molecule has 1 N–H and O–H groups in total. The average molecular weight is 375 g/mol. The van der Waals surface area contributed by atoms with Crippen LogP contribution in [-0.2, 0) is 19.6 Å². The minimum Gasteiger partial charge on any atom is -0.444 e. The lowest BCUT2D eigenvalue weighted by Crippen LogP contribution is -2.79. The van der Waals surface area contributed by atoms with Gasteiger partial charge in [-0.2, -0.15) is 5.10 Å². The van der Waals surface area contributed by atoms with Gasteiger partial charge in [-0.05, 0) is 67.7 Å². The van der Waals surface area contributed by atoms with E-state index < -0.39 is 12.7 Å². The van der Waals surface area contributed by atoms with Crippen molar-refractivity contribution >= 4 is 18.7 Å². The second kappa shape index (κ2) is 5.29. The Morgan fingerprint density at radius 1 is 1.19 bits per heavy atom. The highest BCUT2D eigenvalue weighted by atomic mass is 16.7. The summed E-state index contributed by atoms with van der Waals surface area (Å²) in [6, 6.07) is 0. The van der Waals surface area contributed by atoms with Crippen molar-refractivity contribution in [2.75, 3.05) is 0 Å². The van der Waals surface area contributed by atoms with Gasteiger partial charge in [0.2, 0.25) is 0 Å². The van der Waals surface area contributed by atoms with Crippen molar-refractivity contribution in [3.05, 3.63) is 12.4 Å². The van der Waals surface area contributed by atoms with Crippen LogP contribution in [-0.4, -0.2) is 45.3 Å². The Morgan fingerprint density at radius 2 is 1.74 bits per heavy atom. The molecule has 1 saturated heterocycles. The van der Waals surface area contributed by atoms with Crippen LogP contribution in [0.4, 0.5) is 4.79 Å². The molecule has 0 spiro atoms. The van der Waals surface area contributed by atoms with Gasteiger partial charge in [0, 0.05) is 17.9 Å². The summed E-state index contributed by atoms with van der Waals surface area (Å²) in [5, 5.41) is 7.61. The van der Waals surface area contributed by atoms with E-state index in [0.717, 1.165) is 24.7 Å². The third-order valence-electron chi connectivity index (χ3n) is 6.38. The molecule has 4 fully saturated rings. The van der Waals surface area contributed by atoms with E-state index in [1.165, 1.54) is 0 Å². The molecule has 8 heteroatoms. The molecular formula is C19H30BN3O4. The summed E-state index contributed by atoms with van der Waals surface area (Å²) in [5.41, 5.74) is -0.414. The van der Waals surface area contributed by atoms with Gasteiger partial charge in [0.15, 0.2) is 0 Å². The van der Waals surface area contributed by atoms with Crippen molar-refractivity contribution < 1.29 is 18.8 Å². The van der Waals surface area contributed by atoms with Gasteiger partial charge >= 0.3 is 13.2 Å². The maximum absolute atomic E-state index is 12.0. The maximum atomic E-state index is 12.0. The number of rotatable bonds is 3. The molecule has 7 nitrogen and oxygen atoms in total. The van der Waals surface area contributed by atoms with Crippen molar-refractivity contribution in [1.29, 1.82) is 0 Å². The SMILES string of the molecule is CC(C)(C)OC(=O)NC12CC(n3cc(B4OC(C)(C)C(C)(C)O4)cn3)(C1)C2. The molecule has 5 rings (SSSR count). The normalized spacial score (nSPS) is 33.2. The van der Waals surface area contributed by atoms with E-state index in [9.17, 15) is 4.79 Å². The summed E-state index contributed by atoms with van der Waals surface area (Å²) >= 11 is 0. The largest absolute Gasteiger partial charge is 0.498 e. The third kappa shape index (κ3) is 2.97. The zero-order valence-corrected chi connectivity index (χ0v) is 17.4. The van der Waals surface area contributed by atoms with Crippen LogP contribution in [0.15, 0.2) is 12.4 Å². The van der Waals surface area contributed by atoms with E-state index >= 15 is 0 Å². The van der Waals surface area contributed by atoms with Gasteiger partial charge in [-0.25, -0.2) is 4.79 Å². The van der Waals surface area contributed by atoms with E-state index in [2.05, 4.69) is 10.4 Å². The van der Waals surface area contributed by atoms with Gasteiger partial charge in [0.25, 0.3) is 0 Å². The minimum absolute atomic E-state index is 0.00307. The van der Waals surface area contributed by atoms with Crippen molar-refractivity contribution in [2.24, 2.45) is 0 Å². The highest BCUT2D eigenvalue weighted by Crippen LogP contribution is 2.64. The van der Waals surface area contributed by atoms with Crippen LogP contribution in [0.25, 0.3) is 0 Å². The Kier molecular flexibility index (Phi) is 3.69. The van der Waals surface area contributed by atoms with Crippen molar-refractivity contribution in [2.45, 2.75) is 95.6 Å². The Hall–Kier alpha value is -1.54. The number of nitrogens with one attached hydrogen (secondary N) is 1. The van der Waals surface area contributed by atoms with E-state index in [4.69, 9.17) is 14.0 Å². The van der Waals surface area contributed by atoms with E-state index in [0.29, 0.717) is 0 Å². The van der Waals surface area contributed by atoms with Crippen LogP contribution in [0.3, 0.4) is 0 Å². The Balaban J connectivity index is 1.38. The van der Waals surface area contributed by atoms with Gasteiger partial charge in [0.1, 0.15) is 5.60 Å². The molecule has 3 aliphatic carbocycles. The highest BCUT2D eigenvalue weighted by molar-refractivity contribution is 6.62. The van der Waals surface area contributed by atoms with Crippen LogP contribution in [0.5, 0.6) is 0 Å². The fourth-order valence-electron chi connectivity index (χ4n) is 4.33. The quantitative estimate of drug-likeness (QED) is 0.821. The summed E-state index contributed by atoms with van der Waals surface area (Å²) in [6.07, 6.45) is 6.15. The summed E-state index contributed by atoms with van der Waals surface area (Å²) in [7, 11) is -0.398. The van der Waals surface area contributed by atoms with Crippen molar-refractivity contribution in [1.82, 2.24) is 15.1 Å². The maximum Gasteiger partial charge on any atom is 0.498 e. The predicted molar refractivity (Wildman–Crippen MR) is 102 cm³/mol. The lowest BCUT2D eigenvalue weighted by molar-refractivity contribution is -0.143. The molecule has 0 aromatic carbocycles. The minimum atomic E-state index is -0.481. The van der Waals surface area contributed by atoms with Crippen LogP contribution in [0.1, 0.15) is 67.7 Å². The van der Waals surface area contributed by atoms with Crippen LogP contribution in [0.2, 0.25) is 0 Å². The second-order valence-electron chi connectivity index (χ2n) is 10.5. The molecule has 0 radical (unpaired) electrons. The number of carbonyl (C=O) groups is 1. The second-order valence-corrected chi connectivity index (χ2v) is 10.5. The van der Waals surface area contributed by atoms with Gasteiger partial charge in [0.05, 0.1) is 22.3 Å². The number of amides is 1. The van der Waals surface area contributed by atoms with Crippen molar-refractivity contribution in [3.63, 3.8) is 0 Å². The number of hydrogen-bond acceptors (Lipinski definition) is 5. The summed E-state index contributed by atoms with van der Waals surface area (Å²) in [5.74, 6) is 0. The molecular weight excluding hydrogens is 345 g/mol. The molecule has 1 aliphatic heterocycles. The summed E-state index contributed by atoms with van der Waals surface area (Å²) in [6.45, 7) is 13.8. The molecule has 0 atom stereocenters. The molecule has 1 aromatic heterocycles. The first-order chi connectivity index (χ1) is 12.3. The van der Waals surface area contributed by atoms with E-state index in [-0.39, 0.29) is 28.4 Å². The number of aromatic nitrogens is 2. The first kappa shape index (κ1) is 18.8. The zero-order valence-electron chi connectivity index (χ0n) is 17.4. The lowest BCUT2D eigenvalue weighted by Gasteiger charge is -2.69. The Labute approximate surface area is 161 Å². The molecule has 3 saturated carbocycles. The standard InChI is InChI=1S/C19H30BN3O4/c1-15(2,3)25-14(24)22-18-10-19(11-18,12-18)23-9-13(8-21-23)20-26-16(4,5)17(6,7)27-20/h8-9H,10-12H2,1-7H3,(H,22,24). The first-order valence-electron chi connectivity index (χ1n) is 9.67. The van der Waals surface area contributed by atoms with Crippen LogP contribution in [0, 0.1) is 0 Å². The van der Waals surface area contributed by atoms with Gasteiger partial charge in [-0.1, -0.05) is 0 Å². The molecule has 148 valence electrons. The molecule has 1 aromatic rings. The zero-order chi connectivity index (χ0) is 19.9. The first-order valence-corrected chi connectivity index (χ1v) is 9.67. The number of carbonyl (C=O) groups excluding carboxylic acids is 1. The lowest BCUT2D eigenvalue weighted by atomic mass is 9.44. The molecule has 27 heavy (non-hydrogen) atoms. The van der Waals surface area contributed by atoms with E-state index in [1.54, 1.807) is 0 Å². The van der Waals surface area contributed by atoms with E-state index in [1.807, 2.05) is 65.5 Å². The smallest absolute Gasteiger partial charge is 0.444 e. The molecule has 2 bridgehead atoms. The third-order valence-corrected chi connectivity index (χ3v) is 6.38. The Morgan fingerprint density at radius 3 is 2.26 bits per heavy atom. The topological polar surface area (TPSA) is 74.6 Å². The van der Waals surface area contributed by atoms with Gasteiger partial charge in [-0.15, -0.1) is 0 Å². The molecule has 0 unspecified atom stereocenters. The van der Waals surface area contributed by atoms with Crippen LogP contribution < -0.4 is 10.8 Å². The van der Waals surface area contributed by atoms with Gasteiger partial charge in [-0.3, -0.25) is 4.68 Å². The summed E-state index contributed by atoms with van der Waals surface area (Å²) in [4.78, 5) is 12.0. The molecule has 1 amide bonds. The molecule has 2 heterocycles. The van der Waals surface area contributed by atoms with Gasteiger partial charge < -0.3 is 19.4 Å². The fraction of sp³-hybridized carbons (Fsp3) is 0.789. The molecule has 4 aliphatic rings. The van der Waals surface area contributed by atoms with Crippen LogP contribution >= 0.6 is 0 Å². The van der Waals surface area contributed by atoms with Crippen molar-refractivity contribution in [3.8, 4) is 0 Å². The highest BCUT2D eigenvalue weighted by Gasteiger charge is 2.70. The number of hydrogen-bond donors (Lipinski definition) is 1.